The lowest BCUT2D eigenvalue weighted by Gasteiger charge is -2.32. The highest BCUT2D eigenvalue weighted by Gasteiger charge is 2.28. The third kappa shape index (κ3) is 5.41. The van der Waals surface area contributed by atoms with Crippen LogP contribution >= 0.6 is 11.3 Å². The zero-order chi connectivity index (χ0) is 25.1. The highest BCUT2D eigenvalue weighted by molar-refractivity contribution is 7.14. The Labute approximate surface area is 217 Å². The molecule has 6 nitrogen and oxygen atoms in total. The first kappa shape index (κ1) is 24.4. The molecule has 1 aromatic carbocycles. The molecule has 0 spiro atoms. The molecule has 3 aromatic heterocycles. The smallest absolute Gasteiger partial charge is 0.255 e. The second kappa shape index (κ2) is 10.7. The molecule has 4 heterocycles. The van der Waals surface area contributed by atoms with E-state index in [0.29, 0.717) is 18.5 Å². The van der Waals surface area contributed by atoms with E-state index in [2.05, 4.69) is 59.4 Å². The number of amides is 1. The number of aromatic nitrogens is 2. The van der Waals surface area contributed by atoms with Gasteiger partial charge in [0.15, 0.2) is 5.13 Å². The molecule has 1 N–H and O–H groups in total. The molecule has 1 saturated heterocycles. The van der Waals surface area contributed by atoms with Gasteiger partial charge in [0.1, 0.15) is 5.76 Å². The fourth-order valence-corrected chi connectivity index (χ4v) is 5.85. The highest BCUT2D eigenvalue weighted by atomic mass is 32.1. The number of furan rings is 1. The lowest BCUT2D eigenvalue weighted by atomic mass is 9.90. The average molecular weight is 503 g/mol. The number of nitrogens with zero attached hydrogens (tertiary/aromatic N) is 3. The average Bonchev–Trinajstić information content (AvgIpc) is 3.62. The zero-order valence-electron chi connectivity index (χ0n) is 21.2. The van der Waals surface area contributed by atoms with Crippen LogP contribution in [0.5, 0.6) is 0 Å². The molecule has 0 saturated carbocycles. The molecule has 4 aromatic rings. The standard InChI is InChI=1S/C29H34N4O2S/c1-20(2)30-29-31-26(19-36-29)27-17-25(21(3)33(27)18-24-10-7-15-35-24)28(34)32-13-11-23(12-14-32)16-22-8-5-4-6-9-22/h4-10,15,17,19-20,23H,11-14,16,18H2,1-3H3,(H,30,31). The lowest BCUT2D eigenvalue weighted by Crippen LogP contribution is -2.39. The number of piperidine rings is 1. The lowest BCUT2D eigenvalue weighted by molar-refractivity contribution is 0.0689. The molecule has 1 amide bonds. The van der Waals surface area contributed by atoms with Crippen molar-refractivity contribution < 1.29 is 9.21 Å². The predicted octanol–water partition coefficient (Wildman–Crippen LogP) is 6.48. The summed E-state index contributed by atoms with van der Waals surface area (Å²) in [6, 6.07) is 16.9. The SMILES string of the molecule is Cc1c(C(=O)N2CCC(Cc3ccccc3)CC2)cc(-c2csc(NC(C)C)n2)n1Cc1ccco1. The summed E-state index contributed by atoms with van der Waals surface area (Å²) >= 11 is 1.59. The van der Waals surface area contributed by atoms with Gasteiger partial charge in [0, 0.05) is 30.2 Å². The first-order valence-electron chi connectivity index (χ1n) is 12.8. The van der Waals surface area contributed by atoms with Gasteiger partial charge < -0.3 is 19.2 Å². The number of benzene rings is 1. The van der Waals surface area contributed by atoms with Gasteiger partial charge in [-0.05, 0) is 69.7 Å². The number of rotatable bonds is 8. The molecule has 188 valence electrons. The van der Waals surface area contributed by atoms with Crippen molar-refractivity contribution in [3.63, 3.8) is 0 Å². The Hall–Kier alpha value is -3.32. The van der Waals surface area contributed by atoms with Crippen molar-refractivity contribution in [3.05, 3.63) is 82.8 Å². The molecule has 1 aliphatic rings. The van der Waals surface area contributed by atoms with Gasteiger partial charge in [0.25, 0.3) is 5.91 Å². The first-order valence-corrected chi connectivity index (χ1v) is 13.6. The van der Waals surface area contributed by atoms with Crippen molar-refractivity contribution in [2.75, 3.05) is 18.4 Å². The van der Waals surface area contributed by atoms with Crippen molar-refractivity contribution in [1.29, 1.82) is 0 Å². The highest BCUT2D eigenvalue weighted by Crippen LogP contribution is 2.32. The number of thiazole rings is 1. The molecule has 0 unspecified atom stereocenters. The third-order valence-corrected chi connectivity index (χ3v) is 7.71. The van der Waals surface area contributed by atoms with Crippen LogP contribution in [0.1, 0.15) is 54.1 Å². The Morgan fingerprint density at radius 2 is 1.94 bits per heavy atom. The van der Waals surface area contributed by atoms with Gasteiger partial charge >= 0.3 is 0 Å². The molecule has 0 radical (unpaired) electrons. The van der Waals surface area contributed by atoms with Crippen LogP contribution in [-0.2, 0) is 13.0 Å². The van der Waals surface area contributed by atoms with E-state index in [1.165, 1.54) is 5.56 Å². The van der Waals surface area contributed by atoms with Crippen LogP contribution in [0.15, 0.2) is 64.6 Å². The van der Waals surface area contributed by atoms with E-state index in [4.69, 9.17) is 9.40 Å². The minimum Gasteiger partial charge on any atom is -0.467 e. The largest absolute Gasteiger partial charge is 0.467 e. The quantitative estimate of drug-likeness (QED) is 0.300. The second-order valence-electron chi connectivity index (χ2n) is 9.96. The number of anilines is 1. The minimum absolute atomic E-state index is 0.112. The summed E-state index contributed by atoms with van der Waals surface area (Å²) in [5, 5.41) is 6.32. The van der Waals surface area contributed by atoms with Crippen molar-refractivity contribution in [1.82, 2.24) is 14.5 Å². The van der Waals surface area contributed by atoms with Crippen LogP contribution in [0.4, 0.5) is 5.13 Å². The Kier molecular flexibility index (Phi) is 7.28. The van der Waals surface area contributed by atoms with Gasteiger partial charge in [0.05, 0.1) is 29.8 Å². The maximum atomic E-state index is 13.7. The molecule has 7 heteroatoms. The normalized spacial score (nSPS) is 14.5. The van der Waals surface area contributed by atoms with Crippen molar-refractivity contribution in [2.24, 2.45) is 5.92 Å². The molecule has 0 atom stereocenters. The van der Waals surface area contributed by atoms with E-state index >= 15 is 0 Å². The summed E-state index contributed by atoms with van der Waals surface area (Å²) in [5.41, 5.74) is 4.90. The molecule has 1 aliphatic heterocycles. The van der Waals surface area contributed by atoms with E-state index in [9.17, 15) is 4.79 Å². The minimum atomic E-state index is 0.112. The predicted molar refractivity (Wildman–Crippen MR) is 146 cm³/mol. The van der Waals surface area contributed by atoms with E-state index < -0.39 is 0 Å². The van der Waals surface area contributed by atoms with Gasteiger partial charge in [-0.1, -0.05) is 30.3 Å². The van der Waals surface area contributed by atoms with E-state index in [1.807, 2.05) is 30.0 Å². The van der Waals surface area contributed by atoms with Crippen LogP contribution in [0.25, 0.3) is 11.4 Å². The number of nitrogens with one attached hydrogen (secondary N) is 1. The molecule has 36 heavy (non-hydrogen) atoms. The van der Waals surface area contributed by atoms with Crippen LogP contribution in [0, 0.1) is 12.8 Å². The summed E-state index contributed by atoms with van der Waals surface area (Å²) in [6.07, 6.45) is 4.85. The molecule has 0 aliphatic carbocycles. The number of carbonyl (C=O) groups excluding carboxylic acids is 1. The number of likely N-dealkylation sites (tertiary alicyclic amines) is 1. The van der Waals surface area contributed by atoms with Gasteiger partial charge in [-0.25, -0.2) is 4.98 Å². The van der Waals surface area contributed by atoms with Crippen LogP contribution in [0.2, 0.25) is 0 Å². The second-order valence-corrected chi connectivity index (χ2v) is 10.8. The first-order chi connectivity index (χ1) is 17.5. The fraction of sp³-hybridized carbons (Fsp3) is 0.379. The van der Waals surface area contributed by atoms with Crippen molar-refractivity contribution in [2.45, 2.75) is 52.6 Å². The van der Waals surface area contributed by atoms with E-state index in [0.717, 1.165) is 65.9 Å². The van der Waals surface area contributed by atoms with Crippen LogP contribution in [-0.4, -0.2) is 39.5 Å². The Morgan fingerprint density at radius 3 is 2.64 bits per heavy atom. The molecule has 1 fully saturated rings. The van der Waals surface area contributed by atoms with Crippen LogP contribution in [0.3, 0.4) is 0 Å². The van der Waals surface area contributed by atoms with Gasteiger partial charge in [-0.3, -0.25) is 4.79 Å². The monoisotopic (exact) mass is 502 g/mol. The van der Waals surface area contributed by atoms with E-state index in [-0.39, 0.29) is 5.91 Å². The van der Waals surface area contributed by atoms with E-state index in [1.54, 1.807) is 17.6 Å². The molecular formula is C29H34N4O2S. The summed E-state index contributed by atoms with van der Waals surface area (Å²) < 4.78 is 7.80. The maximum absolute atomic E-state index is 13.7. The van der Waals surface area contributed by atoms with Gasteiger partial charge in [0.2, 0.25) is 0 Å². The zero-order valence-corrected chi connectivity index (χ0v) is 22.1. The molecule has 0 bridgehead atoms. The van der Waals surface area contributed by atoms with Crippen molar-refractivity contribution >= 4 is 22.4 Å². The topological polar surface area (TPSA) is 63.3 Å². The third-order valence-electron chi connectivity index (χ3n) is 6.94. The van der Waals surface area contributed by atoms with Gasteiger partial charge in [-0.15, -0.1) is 11.3 Å². The Morgan fingerprint density at radius 1 is 1.17 bits per heavy atom. The number of carbonyl (C=O) groups is 1. The maximum Gasteiger partial charge on any atom is 0.255 e. The Bertz CT molecular complexity index is 1280. The van der Waals surface area contributed by atoms with Crippen molar-refractivity contribution in [3.8, 4) is 11.4 Å². The summed E-state index contributed by atoms with van der Waals surface area (Å²) in [4.78, 5) is 20.5. The number of hydrogen-bond acceptors (Lipinski definition) is 5. The summed E-state index contributed by atoms with van der Waals surface area (Å²) in [5.74, 6) is 1.59. The fourth-order valence-electron chi connectivity index (χ4n) is 5.00. The summed E-state index contributed by atoms with van der Waals surface area (Å²) in [7, 11) is 0. The Balaban J connectivity index is 1.36. The van der Waals surface area contributed by atoms with Crippen LogP contribution < -0.4 is 5.32 Å². The molecule has 5 rings (SSSR count). The number of hydrogen-bond donors (Lipinski definition) is 1. The molecular weight excluding hydrogens is 468 g/mol. The summed E-state index contributed by atoms with van der Waals surface area (Å²) in [6.45, 7) is 8.39. The van der Waals surface area contributed by atoms with Gasteiger partial charge in [-0.2, -0.15) is 0 Å².